The van der Waals surface area contributed by atoms with E-state index in [4.69, 9.17) is 17.3 Å². The summed E-state index contributed by atoms with van der Waals surface area (Å²) in [5.74, 6) is 0. The van der Waals surface area contributed by atoms with Crippen LogP contribution in [0.2, 0.25) is 5.02 Å². The first-order chi connectivity index (χ1) is 9.15. The maximum atomic E-state index is 11.4. The van der Waals surface area contributed by atoms with Crippen LogP contribution in [0, 0.1) is 0 Å². The molecule has 0 aliphatic rings. The summed E-state index contributed by atoms with van der Waals surface area (Å²) in [5.41, 5.74) is 6.07. The standard InChI is InChI=1S/C13H15ClN2O2S/c14-12-6-1-5-11-10(12)4-2-7-13(11)16(19(17)18)9-3-8-15/h1-2,4-7H,3,8-9,15H2,(H,17,18)/p-1. The predicted molar refractivity (Wildman–Crippen MR) is 78.9 cm³/mol. The van der Waals surface area contributed by atoms with Crippen molar-refractivity contribution in [1.29, 1.82) is 0 Å². The summed E-state index contributed by atoms with van der Waals surface area (Å²) in [6.07, 6.45) is 0.602. The molecular formula is C13H14ClN2O2S-. The lowest BCUT2D eigenvalue weighted by Gasteiger charge is -2.27. The lowest BCUT2D eigenvalue weighted by atomic mass is 10.1. The number of halogens is 1. The van der Waals surface area contributed by atoms with E-state index < -0.39 is 11.3 Å². The molecule has 2 aromatic carbocycles. The third-order valence-electron chi connectivity index (χ3n) is 2.86. The Morgan fingerprint density at radius 1 is 1.21 bits per heavy atom. The molecule has 1 unspecified atom stereocenters. The Bertz CT molecular complexity index is 606. The van der Waals surface area contributed by atoms with E-state index in [1.807, 2.05) is 18.2 Å². The highest BCUT2D eigenvalue weighted by atomic mass is 35.5. The number of rotatable bonds is 5. The van der Waals surface area contributed by atoms with Gasteiger partial charge < -0.3 is 14.6 Å². The molecule has 0 fully saturated rings. The van der Waals surface area contributed by atoms with E-state index >= 15 is 0 Å². The molecule has 1 atom stereocenters. The second kappa shape index (κ2) is 6.34. The van der Waals surface area contributed by atoms with E-state index in [2.05, 4.69) is 0 Å². The van der Waals surface area contributed by atoms with E-state index in [1.165, 1.54) is 4.31 Å². The fourth-order valence-electron chi connectivity index (χ4n) is 1.98. The van der Waals surface area contributed by atoms with Gasteiger partial charge in [-0.15, -0.1) is 0 Å². The highest BCUT2D eigenvalue weighted by Gasteiger charge is 2.11. The van der Waals surface area contributed by atoms with Crippen LogP contribution in [0.4, 0.5) is 5.69 Å². The highest BCUT2D eigenvalue weighted by Crippen LogP contribution is 2.31. The number of nitrogens with zero attached hydrogens (tertiary/aromatic N) is 1. The molecule has 6 heteroatoms. The van der Waals surface area contributed by atoms with Crippen molar-refractivity contribution in [2.75, 3.05) is 17.4 Å². The molecule has 0 aromatic heterocycles. The molecule has 0 aliphatic heterocycles. The average Bonchev–Trinajstić information content (AvgIpc) is 2.40. The summed E-state index contributed by atoms with van der Waals surface area (Å²) in [5, 5.41) is 2.26. The monoisotopic (exact) mass is 297 g/mol. The Morgan fingerprint density at radius 3 is 2.58 bits per heavy atom. The van der Waals surface area contributed by atoms with Gasteiger partial charge in [0.1, 0.15) is 0 Å². The molecule has 102 valence electrons. The lowest BCUT2D eigenvalue weighted by Crippen LogP contribution is -2.28. The molecule has 0 saturated carbocycles. The second-order valence-electron chi connectivity index (χ2n) is 4.07. The highest BCUT2D eigenvalue weighted by molar-refractivity contribution is 7.80. The molecule has 2 rings (SSSR count). The summed E-state index contributed by atoms with van der Waals surface area (Å²) in [6.45, 7) is 0.803. The van der Waals surface area contributed by atoms with E-state index in [-0.39, 0.29) is 0 Å². The van der Waals surface area contributed by atoms with Crippen molar-refractivity contribution in [1.82, 2.24) is 0 Å². The van der Waals surface area contributed by atoms with Crippen LogP contribution in [0.15, 0.2) is 36.4 Å². The molecule has 0 aliphatic carbocycles. The Hall–Kier alpha value is -1.14. The van der Waals surface area contributed by atoms with Crippen LogP contribution in [-0.2, 0) is 11.3 Å². The molecule has 0 bridgehead atoms. The van der Waals surface area contributed by atoms with Crippen LogP contribution in [-0.4, -0.2) is 21.9 Å². The molecule has 2 aromatic rings. The smallest absolute Gasteiger partial charge is 0.0561 e. The molecule has 0 heterocycles. The van der Waals surface area contributed by atoms with Crippen molar-refractivity contribution in [2.45, 2.75) is 6.42 Å². The van der Waals surface area contributed by atoms with Gasteiger partial charge in [0, 0.05) is 33.6 Å². The normalized spacial score (nSPS) is 12.6. The SMILES string of the molecule is NCCCN(c1cccc2c(Cl)cccc12)S(=O)[O-]. The van der Waals surface area contributed by atoms with Gasteiger partial charge in [0.15, 0.2) is 0 Å². The Balaban J connectivity index is 2.53. The summed E-state index contributed by atoms with van der Waals surface area (Å²) in [4.78, 5) is 0. The minimum Gasteiger partial charge on any atom is -0.755 e. The van der Waals surface area contributed by atoms with Crippen molar-refractivity contribution in [3.63, 3.8) is 0 Å². The van der Waals surface area contributed by atoms with E-state index in [0.717, 1.165) is 10.8 Å². The largest absolute Gasteiger partial charge is 0.755 e. The molecular weight excluding hydrogens is 284 g/mol. The summed E-state index contributed by atoms with van der Waals surface area (Å²) in [6, 6.07) is 10.9. The predicted octanol–water partition coefficient (Wildman–Crippen LogP) is 2.44. The summed E-state index contributed by atoms with van der Waals surface area (Å²) in [7, 11) is 0. The third kappa shape index (κ3) is 3.06. The molecule has 0 amide bonds. The zero-order valence-corrected chi connectivity index (χ0v) is 11.8. The van der Waals surface area contributed by atoms with Gasteiger partial charge in [-0.05, 0) is 25.1 Å². The third-order valence-corrected chi connectivity index (χ3v) is 3.93. The zero-order valence-electron chi connectivity index (χ0n) is 10.2. The number of fused-ring (bicyclic) bond motifs is 1. The van der Waals surface area contributed by atoms with Crippen LogP contribution in [0.1, 0.15) is 6.42 Å². The number of nitrogens with two attached hydrogens (primary N) is 1. The first-order valence-electron chi connectivity index (χ1n) is 5.89. The van der Waals surface area contributed by atoms with Crippen molar-refractivity contribution in [3.05, 3.63) is 41.4 Å². The van der Waals surface area contributed by atoms with E-state index in [1.54, 1.807) is 18.2 Å². The average molecular weight is 298 g/mol. The van der Waals surface area contributed by atoms with Gasteiger partial charge in [-0.25, -0.2) is 0 Å². The molecule has 0 saturated heterocycles. The van der Waals surface area contributed by atoms with Gasteiger partial charge >= 0.3 is 0 Å². The maximum absolute atomic E-state index is 11.4. The zero-order chi connectivity index (χ0) is 13.8. The fourth-order valence-corrected chi connectivity index (χ4v) is 2.82. The van der Waals surface area contributed by atoms with Crippen molar-refractivity contribution >= 4 is 39.3 Å². The maximum Gasteiger partial charge on any atom is 0.0561 e. The van der Waals surface area contributed by atoms with Gasteiger partial charge in [0.05, 0.1) is 5.69 Å². The number of hydrogen-bond donors (Lipinski definition) is 1. The molecule has 0 radical (unpaired) electrons. The van der Waals surface area contributed by atoms with Gasteiger partial charge in [-0.3, -0.25) is 4.21 Å². The lowest BCUT2D eigenvalue weighted by molar-refractivity contribution is 0.531. The van der Waals surface area contributed by atoms with Gasteiger partial charge in [0.25, 0.3) is 0 Å². The van der Waals surface area contributed by atoms with Crippen LogP contribution in [0.5, 0.6) is 0 Å². The van der Waals surface area contributed by atoms with Crippen molar-refractivity contribution in [2.24, 2.45) is 5.73 Å². The number of hydrogen-bond acceptors (Lipinski definition) is 3. The molecule has 19 heavy (non-hydrogen) atoms. The second-order valence-corrected chi connectivity index (χ2v) is 5.36. The van der Waals surface area contributed by atoms with Crippen LogP contribution >= 0.6 is 11.6 Å². The quantitative estimate of drug-likeness (QED) is 0.862. The van der Waals surface area contributed by atoms with Crippen LogP contribution in [0.25, 0.3) is 10.8 Å². The van der Waals surface area contributed by atoms with E-state index in [9.17, 15) is 8.76 Å². The minimum atomic E-state index is -2.33. The summed E-state index contributed by atoms with van der Waals surface area (Å²) < 4.78 is 24.1. The van der Waals surface area contributed by atoms with Gasteiger partial charge in [0.2, 0.25) is 0 Å². The van der Waals surface area contributed by atoms with Gasteiger partial charge in [-0.2, -0.15) is 0 Å². The Kier molecular flexibility index (Phi) is 4.76. The molecule has 4 nitrogen and oxygen atoms in total. The molecule has 2 N–H and O–H groups in total. The number of benzene rings is 2. The van der Waals surface area contributed by atoms with Crippen LogP contribution < -0.4 is 10.0 Å². The topological polar surface area (TPSA) is 69.4 Å². The van der Waals surface area contributed by atoms with E-state index in [0.29, 0.717) is 30.2 Å². The Morgan fingerprint density at radius 2 is 1.89 bits per heavy atom. The molecule has 0 spiro atoms. The first-order valence-corrected chi connectivity index (χ1v) is 7.30. The Labute approximate surface area is 119 Å². The minimum absolute atomic E-state index is 0.359. The van der Waals surface area contributed by atoms with Crippen LogP contribution in [0.3, 0.4) is 0 Å². The van der Waals surface area contributed by atoms with Gasteiger partial charge in [-0.1, -0.05) is 35.9 Å². The van der Waals surface area contributed by atoms with Crippen molar-refractivity contribution < 1.29 is 8.76 Å². The fraction of sp³-hybridized carbons (Fsp3) is 0.231. The first kappa shape index (κ1) is 14.3. The number of anilines is 1. The summed E-state index contributed by atoms with van der Waals surface area (Å²) >= 11 is 3.79. The van der Waals surface area contributed by atoms with Crippen molar-refractivity contribution in [3.8, 4) is 0 Å².